The molecule has 19 heavy (non-hydrogen) atoms. The maximum Gasteiger partial charge on any atom is 0.326 e. The van der Waals surface area contributed by atoms with E-state index in [0.29, 0.717) is 24.9 Å². The second-order valence-corrected chi connectivity index (χ2v) is 4.49. The molecule has 0 bridgehead atoms. The van der Waals surface area contributed by atoms with Gasteiger partial charge in [0.1, 0.15) is 6.04 Å². The van der Waals surface area contributed by atoms with Crippen LogP contribution in [0, 0.1) is 0 Å². The molecule has 0 aliphatic heterocycles. The molecule has 0 heterocycles. The lowest BCUT2D eigenvalue weighted by molar-refractivity contribution is -0.142. The van der Waals surface area contributed by atoms with Crippen molar-refractivity contribution in [3.63, 3.8) is 0 Å². The number of hydrogen-bond donors (Lipinski definition) is 3. The van der Waals surface area contributed by atoms with Gasteiger partial charge in [-0.2, -0.15) is 0 Å². The summed E-state index contributed by atoms with van der Waals surface area (Å²) in [5, 5.41) is 11.5. The van der Waals surface area contributed by atoms with Crippen LogP contribution in [0.2, 0.25) is 0 Å². The van der Waals surface area contributed by atoms with E-state index in [0.717, 1.165) is 5.56 Å². The summed E-state index contributed by atoms with van der Waals surface area (Å²) in [4.78, 5) is 22.6. The molecule has 1 aromatic rings. The Balaban J connectivity index is 2.44. The molecule has 5 heteroatoms. The van der Waals surface area contributed by atoms with Gasteiger partial charge in [0.05, 0.1) is 0 Å². The summed E-state index contributed by atoms with van der Waals surface area (Å²) < 4.78 is 0. The van der Waals surface area contributed by atoms with Crippen molar-refractivity contribution in [2.75, 3.05) is 5.73 Å². The van der Waals surface area contributed by atoms with Crippen LogP contribution in [0.25, 0.3) is 0 Å². The maximum atomic E-state index is 11.7. The lowest BCUT2D eigenvalue weighted by atomic mass is 10.1. The number of rotatable bonds is 7. The minimum Gasteiger partial charge on any atom is -0.480 e. The van der Waals surface area contributed by atoms with E-state index in [1.54, 1.807) is 6.07 Å². The van der Waals surface area contributed by atoms with Crippen LogP contribution >= 0.6 is 0 Å². The van der Waals surface area contributed by atoms with E-state index in [1.807, 2.05) is 25.1 Å². The highest BCUT2D eigenvalue weighted by Gasteiger charge is 2.18. The molecule has 1 amide bonds. The highest BCUT2D eigenvalue weighted by Crippen LogP contribution is 2.09. The fourth-order valence-electron chi connectivity index (χ4n) is 1.82. The highest BCUT2D eigenvalue weighted by atomic mass is 16.4. The van der Waals surface area contributed by atoms with Crippen LogP contribution in [0.5, 0.6) is 0 Å². The first-order valence-corrected chi connectivity index (χ1v) is 6.39. The van der Waals surface area contributed by atoms with Gasteiger partial charge in [-0.15, -0.1) is 0 Å². The SMILES string of the molecule is CCCC(NC(=O)CCc1cccc(N)c1)C(=O)O. The van der Waals surface area contributed by atoms with Crippen molar-refractivity contribution in [2.45, 2.75) is 38.6 Å². The summed E-state index contributed by atoms with van der Waals surface area (Å²) in [6.45, 7) is 1.88. The second-order valence-electron chi connectivity index (χ2n) is 4.49. The number of carboxylic acids is 1. The molecular formula is C14H20N2O3. The number of amides is 1. The number of carboxylic acid groups (broad SMARTS) is 1. The molecule has 0 aliphatic carbocycles. The quantitative estimate of drug-likeness (QED) is 0.652. The molecule has 1 unspecified atom stereocenters. The molecule has 1 rings (SSSR count). The van der Waals surface area contributed by atoms with E-state index in [-0.39, 0.29) is 12.3 Å². The molecule has 0 saturated carbocycles. The van der Waals surface area contributed by atoms with E-state index in [1.165, 1.54) is 0 Å². The number of aryl methyl sites for hydroxylation is 1. The molecule has 1 atom stereocenters. The summed E-state index contributed by atoms with van der Waals surface area (Å²) in [5.41, 5.74) is 7.28. The minimum atomic E-state index is -0.987. The molecule has 1 aromatic carbocycles. The molecule has 5 nitrogen and oxygen atoms in total. The smallest absolute Gasteiger partial charge is 0.326 e. The predicted octanol–water partition coefficient (Wildman–Crippen LogP) is 1.57. The molecule has 0 radical (unpaired) electrons. The molecule has 104 valence electrons. The van der Waals surface area contributed by atoms with Gasteiger partial charge in [-0.25, -0.2) is 4.79 Å². The van der Waals surface area contributed by atoms with Gasteiger partial charge in [-0.3, -0.25) is 4.79 Å². The van der Waals surface area contributed by atoms with Crippen molar-refractivity contribution in [3.05, 3.63) is 29.8 Å². The van der Waals surface area contributed by atoms with Gasteiger partial charge in [0, 0.05) is 12.1 Å². The van der Waals surface area contributed by atoms with Gasteiger partial charge in [0.25, 0.3) is 0 Å². The molecule has 0 saturated heterocycles. The summed E-state index contributed by atoms with van der Waals surface area (Å²) in [5.74, 6) is -1.23. The Morgan fingerprint density at radius 1 is 1.42 bits per heavy atom. The number of anilines is 1. The summed E-state index contributed by atoms with van der Waals surface area (Å²) >= 11 is 0. The second kappa shape index (κ2) is 7.41. The van der Waals surface area contributed by atoms with Crippen molar-refractivity contribution in [2.24, 2.45) is 0 Å². The van der Waals surface area contributed by atoms with E-state index >= 15 is 0 Å². The average Bonchev–Trinajstić information content (AvgIpc) is 2.36. The van der Waals surface area contributed by atoms with E-state index in [9.17, 15) is 9.59 Å². The number of benzene rings is 1. The largest absolute Gasteiger partial charge is 0.480 e. The van der Waals surface area contributed by atoms with E-state index in [4.69, 9.17) is 10.8 Å². The third-order valence-corrected chi connectivity index (χ3v) is 2.80. The van der Waals surface area contributed by atoms with Gasteiger partial charge in [0.2, 0.25) is 5.91 Å². The van der Waals surface area contributed by atoms with E-state index in [2.05, 4.69) is 5.32 Å². The van der Waals surface area contributed by atoms with Crippen molar-refractivity contribution in [1.29, 1.82) is 0 Å². The standard InChI is InChI=1S/C14H20N2O3/c1-2-4-12(14(18)19)16-13(17)8-7-10-5-3-6-11(15)9-10/h3,5-6,9,12H,2,4,7-8,15H2,1H3,(H,16,17)(H,18,19). The molecular weight excluding hydrogens is 244 g/mol. The lowest BCUT2D eigenvalue weighted by Gasteiger charge is -2.13. The van der Waals surface area contributed by atoms with Crippen LogP contribution in [0.4, 0.5) is 5.69 Å². The Morgan fingerprint density at radius 2 is 2.16 bits per heavy atom. The fraction of sp³-hybridized carbons (Fsp3) is 0.429. The average molecular weight is 264 g/mol. The Bertz CT molecular complexity index is 446. The number of carbonyl (C=O) groups excluding carboxylic acids is 1. The number of hydrogen-bond acceptors (Lipinski definition) is 3. The minimum absolute atomic E-state index is 0.247. The van der Waals surface area contributed by atoms with Crippen LogP contribution < -0.4 is 11.1 Å². The third-order valence-electron chi connectivity index (χ3n) is 2.80. The zero-order valence-electron chi connectivity index (χ0n) is 11.1. The van der Waals surface area contributed by atoms with E-state index < -0.39 is 12.0 Å². The number of carbonyl (C=O) groups is 2. The Labute approximate surface area is 112 Å². The highest BCUT2D eigenvalue weighted by molar-refractivity contribution is 5.83. The summed E-state index contributed by atoms with van der Waals surface area (Å²) in [7, 11) is 0. The molecule has 0 aromatic heterocycles. The van der Waals surface area contributed by atoms with Crippen LogP contribution in [-0.2, 0) is 16.0 Å². The third kappa shape index (κ3) is 5.42. The Morgan fingerprint density at radius 3 is 2.74 bits per heavy atom. The van der Waals surface area contributed by atoms with Crippen molar-refractivity contribution in [1.82, 2.24) is 5.32 Å². The van der Waals surface area contributed by atoms with Crippen LogP contribution in [0.15, 0.2) is 24.3 Å². The number of nitrogens with one attached hydrogen (secondary N) is 1. The van der Waals surface area contributed by atoms with Gasteiger partial charge >= 0.3 is 5.97 Å². The van der Waals surface area contributed by atoms with Crippen LogP contribution in [0.3, 0.4) is 0 Å². The fourth-order valence-corrected chi connectivity index (χ4v) is 1.82. The van der Waals surface area contributed by atoms with Crippen molar-refractivity contribution in [3.8, 4) is 0 Å². The lowest BCUT2D eigenvalue weighted by Crippen LogP contribution is -2.40. The zero-order valence-corrected chi connectivity index (χ0v) is 11.1. The Kier molecular flexibility index (Phi) is 5.85. The van der Waals surface area contributed by atoms with Crippen LogP contribution in [0.1, 0.15) is 31.7 Å². The van der Waals surface area contributed by atoms with Gasteiger partial charge < -0.3 is 16.2 Å². The molecule has 0 spiro atoms. The number of nitrogens with two attached hydrogens (primary N) is 1. The van der Waals surface area contributed by atoms with Gasteiger partial charge in [-0.1, -0.05) is 25.5 Å². The first-order valence-electron chi connectivity index (χ1n) is 6.39. The van der Waals surface area contributed by atoms with Gasteiger partial charge in [-0.05, 0) is 30.5 Å². The first kappa shape index (κ1) is 15.0. The first-order chi connectivity index (χ1) is 9.02. The monoisotopic (exact) mass is 264 g/mol. The summed E-state index contributed by atoms with van der Waals surface area (Å²) in [6.07, 6.45) is 1.97. The number of aliphatic carboxylic acids is 1. The maximum absolute atomic E-state index is 11.7. The zero-order chi connectivity index (χ0) is 14.3. The Hall–Kier alpha value is -2.04. The molecule has 4 N–H and O–H groups in total. The van der Waals surface area contributed by atoms with Crippen molar-refractivity contribution < 1.29 is 14.7 Å². The normalized spacial score (nSPS) is 11.8. The van der Waals surface area contributed by atoms with Gasteiger partial charge in [0.15, 0.2) is 0 Å². The van der Waals surface area contributed by atoms with Crippen molar-refractivity contribution >= 4 is 17.6 Å². The van der Waals surface area contributed by atoms with Crippen LogP contribution in [-0.4, -0.2) is 23.0 Å². The topological polar surface area (TPSA) is 92.4 Å². The molecule has 0 aliphatic rings. The predicted molar refractivity (Wildman–Crippen MR) is 73.6 cm³/mol. The number of nitrogen functional groups attached to an aromatic ring is 1. The summed E-state index contributed by atoms with van der Waals surface area (Å²) in [6, 6.07) is 6.53. The molecule has 0 fully saturated rings.